The van der Waals surface area contributed by atoms with Crippen molar-refractivity contribution in [2.45, 2.75) is 31.6 Å². The molecule has 0 bridgehead atoms. The van der Waals surface area contributed by atoms with E-state index >= 15 is 0 Å². The zero-order chi connectivity index (χ0) is 12.2. The summed E-state index contributed by atoms with van der Waals surface area (Å²) in [6.07, 6.45) is 1.75. The number of nitrogens with zero attached hydrogens (tertiary/aromatic N) is 1. The molecule has 1 atom stereocenters. The lowest BCUT2D eigenvalue weighted by Gasteiger charge is -2.21. The van der Waals surface area contributed by atoms with Crippen molar-refractivity contribution in [3.63, 3.8) is 0 Å². The van der Waals surface area contributed by atoms with E-state index in [1.54, 1.807) is 13.3 Å². The van der Waals surface area contributed by atoms with Crippen molar-refractivity contribution in [2.75, 3.05) is 12.9 Å². The van der Waals surface area contributed by atoms with Crippen molar-refractivity contribution in [3.05, 3.63) is 24.0 Å². The fourth-order valence-electron chi connectivity index (χ4n) is 1.27. The van der Waals surface area contributed by atoms with Crippen LogP contribution in [0.25, 0.3) is 0 Å². The average molecular weight is 240 g/mol. The maximum atomic E-state index is 6.12. The Bertz CT molecular complexity index is 336. The highest BCUT2D eigenvalue weighted by Gasteiger charge is 2.17. The van der Waals surface area contributed by atoms with Gasteiger partial charge in [-0.2, -0.15) is 11.8 Å². The molecule has 0 radical (unpaired) electrons. The van der Waals surface area contributed by atoms with E-state index in [2.05, 4.69) is 25.8 Å². The van der Waals surface area contributed by atoms with Gasteiger partial charge in [0.05, 0.1) is 18.8 Å². The van der Waals surface area contributed by atoms with Crippen LogP contribution in [0.5, 0.6) is 5.75 Å². The molecule has 16 heavy (non-hydrogen) atoms. The molecule has 0 fully saturated rings. The first-order chi connectivity index (χ1) is 7.44. The third kappa shape index (κ3) is 4.02. The maximum absolute atomic E-state index is 6.12. The summed E-state index contributed by atoms with van der Waals surface area (Å²) in [5.74, 6) is 1.61. The predicted octanol–water partition coefficient (Wildman–Crippen LogP) is 2.62. The number of aromatic nitrogens is 1. The summed E-state index contributed by atoms with van der Waals surface area (Å²) < 4.78 is 5.47. The molecular weight excluding hydrogens is 220 g/mol. The minimum absolute atomic E-state index is 0.0830. The second-order valence-electron chi connectivity index (χ2n) is 4.62. The van der Waals surface area contributed by atoms with Gasteiger partial charge in [0.1, 0.15) is 5.75 Å². The van der Waals surface area contributed by atoms with Crippen LogP contribution in [0, 0.1) is 0 Å². The zero-order valence-electron chi connectivity index (χ0n) is 10.4. The fourth-order valence-corrected chi connectivity index (χ4v) is 2.11. The Balaban J connectivity index is 2.69. The van der Waals surface area contributed by atoms with Crippen molar-refractivity contribution < 1.29 is 4.74 Å². The first kappa shape index (κ1) is 13.3. The third-order valence-corrected chi connectivity index (χ3v) is 3.46. The van der Waals surface area contributed by atoms with E-state index in [1.807, 2.05) is 23.9 Å². The first-order valence-corrected chi connectivity index (χ1v) is 6.31. The van der Waals surface area contributed by atoms with E-state index in [0.29, 0.717) is 0 Å². The topological polar surface area (TPSA) is 48.1 Å². The Hall–Kier alpha value is -0.740. The van der Waals surface area contributed by atoms with Gasteiger partial charge in [-0.3, -0.25) is 4.98 Å². The second-order valence-corrected chi connectivity index (χ2v) is 6.47. The molecular formula is C12H20N2OS. The Kier molecular flexibility index (Phi) is 4.62. The van der Waals surface area contributed by atoms with Crippen LogP contribution in [0.1, 0.15) is 32.5 Å². The zero-order valence-corrected chi connectivity index (χ0v) is 11.2. The van der Waals surface area contributed by atoms with Gasteiger partial charge in [0.15, 0.2) is 0 Å². The third-order valence-electron chi connectivity index (χ3n) is 2.07. The number of pyridine rings is 1. The van der Waals surface area contributed by atoms with Crippen molar-refractivity contribution in [3.8, 4) is 5.75 Å². The minimum Gasteiger partial charge on any atom is -0.495 e. The van der Waals surface area contributed by atoms with Crippen molar-refractivity contribution in [2.24, 2.45) is 5.73 Å². The first-order valence-electron chi connectivity index (χ1n) is 5.32. The van der Waals surface area contributed by atoms with E-state index in [4.69, 9.17) is 10.5 Å². The van der Waals surface area contributed by atoms with E-state index in [1.165, 1.54) is 0 Å². The quantitative estimate of drug-likeness (QED) is 0.879. The molecule has 0 amide bonds. The molecule has 1 aromatic heterocycles. The lowest BCUT2D eigenvalue weighted by atomic mass is 10.2. The molecule has 0 aliphatic carbocycles. The Morgan fingerprint density at radius 3 is 2.75 bits per heavy atom. The van der Waals surface area contributed by atoms with E-state index in [-0.39, 0.29) is 10.8 Å². The van der Waals surface area contributed by atoms with Gasteiger partial charge in [0.25, 0.3) is 0 Å². The van der Waals surface area contributed by atoms with Gasteiger partial charge >= 0.3 is 0 Å². The molecule has 3 nitrogen and oxygen atoms in total. The SMILES string of the molecule is COc1cccnc1C(N)CSC(C)(C)C. The van der Waals surface area contributed by atoms with Crippen molar-refractivity contribution >= 4 is 11.8 Å². The summed E-state index contributed by atoms with van der Waals surface area (Å²) in [4.78, 5) is 4.29. The van der Waals surface area contributed by atoms with Crippen LogP contribution < -0.4 is 10.5 Å². The molecule has 1 heterocycles. The second kappa shape index (κ2) is 5.55. The predicted molar refractivity (Wildman–Crippen MR) is 69.9 cm³/mol. The minimum atomic E-state index is -0.0830. The van der Waals surface area contributed by atoms with Crippen LogP contribution in [-0.2, 0) is 0 Å². The smallest absolute Gasteiger partial charge is 0.142 e. The van der Waals surface area contributed by atoms with E-state index < -0.39 is 0 Å². The number of hydrogen-bond donors (Lipinski definition) is 1. The van der Waals surface area contributed by atoms with Gasteiger partial charge in [0, 0.05) is 16.7 Å². The number of rotatable bonds is 4. The molecule has 90 valence electrons. The summed E-state index contributed by atoms with van der Waals surface area (Å²) >= 11 is 1.84. The van der Waals surface area contributed by atoms with Gasteiger partial charge in [-0.05, 0) is 12.1 Å². The Morgan fingerprint density at radius 2 is 2.19 bits per heavy atom. The van der Waals surface area contributed by atoms with Crippen LogP contribution in [0.15, 0.2) is 18.3 Å². The molecule has 2 N–H and O–H groups in total. The van der Waals surface area contributed by atoms with Gasteiger partial charge in [-0.1, -0.05) is 20.8 Å². The van der Waals surface area contributed by atoms with Gasteiger partial charge < -0.3 is 10.5 Å². The maximum Gasteiger partial charge on any atom is 0.142 e. The monoisotopic (exact) mass is 240 g/mol. The summed E-state index contributed by atoms with van der Waals surface area (Å²) in [6.45, 7) is 6.54. The number of thioether (sulfide) groups is 1. The summed E-state index contributed by atoms with van der Waals surface area (Å²) in [7, 11) is 1.64. The van der Waals surface area contributed by atoms with Crippen LogP contribution in [0.2, 0.25) is 0 Å². The number of hydrogen-bond acceptors (Lipinski definition) is 4. The molecule has 0 saturated carbocycles. The molecule has 1 unspecified atom stereocenters. The molecule has 0 saturated heterocycles. The highest BCUT2D eigenvalue weighted by Crippen LogP contribution is 2.29. The lowest BCUT2D eigenvalue weighted by Crippen LogP contribution is -2.19. The molecule has 1 rings (SSSR count). The average Bonchev–Trinajstić information content (AvgIpc) is 2.25. The van der Waals surface area contributed by atoms with Gasteiger partial charge in [-0.25, -0.2) is 0 Å². The van der Waals surface area contributed by atoms with Crippen LogP contribution in [-0.4, -0.2) is 22.6 Å². The molecule has 1 aromatic rings. The summed E-state index contributed by atoms with van der Waals surface area (Å²) in [5.41, 5.74) is 6.95. The Morgan fingerprint density at radius 1 is 1.50 bits per heavy atom. The highest BCUT2D eigenvalue weighted by molar-refractivity contribution is 8.00. The molecule has 0 aliphatic heterocycles. The summed E-state index contributed by atoms with van der Waals surface area (Å²) in [6, 6.07) is 3.66. The summed E-state index contributed by atoms with van der Waals surface area (Å²) in [5, 5.41) is 0. The molecule has 0 spiro atoms. The van der Waals surface area contributed by atoms with E-state index in [0.717, 1.165) is 17.2 Å². The van der Waals surface area contributed by atoms with E-state index in [9.17, 15) is 0 Å². The highest BCUT2D eigenvalue weighted by atomic mass is 32.2. The standard InChI is InChI=1S/C12H20N2OS/c1-12(2,3)16-8-9(13)11-10(15-4)6-5-7-14-11/h5-7,9H,8,13H2,1-4H3. The van der Waals surface area contributed by atoms with Gasteiger partial charge in [-0.15, -0.1) is 0 Å². The van der Waals surface area contributed by atoms with Crippen molar-refractivity contribution in [1.29, 1.82) is 0 Å². The number of nitrogens with two attached hydrogens (primary N) is 1. The van der Waals surface area contributed by atoms with Crippen LogP contribution in [0.4, 0.5) is 0 Å². The number of ether oxygens (including phenoxy) is 1. The van der Waals surface area contributed by atoms with Crippen LogP contribution in [0.3, 0.4) is 0 Å². The lowest BCUT2D eigenvalue weighted by molar-refractivity contribution is 0.403. The molecule has 0 aromatic carbocycles. The molecule has 4 heteroatoms. The van der Waals surface area contributed by atoms with Crippen molar-refractivity contribution in [1.82, 2.24) is 4.98 Å². The normalized spacial score (nSPS) is 13.6. The van der Waals surface area contributed by atoms with Gasteiger partial charge in [0.2, 0.25) is 0 Å². The molecule has 0 aliphatic rings. The number of methoxy groups -OCH3 is 1. The Labute approximate surface area is 102 Å². The fraction of sp³-hybridized carbons (Fsp3) is 0.583. The van der Waals surface area contributed by atoms with Crippen LogP contribution >= 0.6 is 11.8 Å². The largest absolute Gasteiger partial charge is 0.495 e.